The Hall–Kier alpha value is -2.90. The van der Waals surface area contributed by atoms with Crippen molar-refractivity contribution < 1.29 is 27.2 Å². The summed E-state index contributed by atoms with van der Waals surface area (Å²) in [6.45, 7) is 1.60. The summed E-state index contributed by atoms with van der Waals surface area (Å²) < 4.78 is 52.1. The lowest BCUT2D eigenvalue weighted by Crippen LogP contribution is -2.38. The highest BCUT2D eigenvalue weighted by molar-refractivity contribution is 5.94. The summed E-state index contributed by atoms with van der Waals surface area (Å²) in [7, 11) is 0. The minimum absolute atomic E-state index is 0.0202. The van der Waals surface area contributed by atoms with Gasteiger partial charge in [0.25, 0.3) is 5.91 Å². The van der Waals surface area contributed by atoms with E-state index in [1.54, 1.807) is 15.9 Å². The maximum Gasteiger partial charge on any atom is 0.416 e. The number of amides is 2. The maximum atomic E-state index is 13.9. The molecule has 1 saturated heterocycles. The van der Waals surface area contributed by atoms with E-state index in [4.69, 9.17) is 0 Å². The zero-order valence-electron chi connectivity index (χ0n) is 16.7. The highest BCUT2D eigenvalue weighted by Crippen LogP contribution is 2.49. The molecule has 4 rings (SSSR count). The van der Waals surface area contributed by atoms with Crippen molar-refractivity contribution in [2.45, 2.75) is 24.9 Å². The van der Waals surface area contributed by atoms with Crippen LogP contribution >= 0.6 is 0 Å². The van der Waals surface area contributed by atoms with E-state index in [-0.39, 0.29) is 29.2 Å². The van der Waals surface area contributed by atoms with Gasteiger partial charge in [-0.3, -0.25) is 9.59 Å². The highest BCUT2D eigenvalue weighted by atomic mass is 19.4. The Labute approximate surface area is 177 Å². The summed E-state index contributed by atoms with van der Waals surface area (Å²) in [5.74, 6) is -1.31. The fourth-order valence-electron chi connectivity index (χ4n) is 4.14. The topological polar surface area (TPSA) is 40.6 Å². The van der Waals surface area contributed by atoms with Gasteiger partial charge in [-0.25, -0.2) is 4.39 Å². The van der Waals surface area contributed by atoms with E-state index >= 15 is 0 Å². The number of carbonyl (C=O) groups is 2. The molecule has 0 aromatic heterocycles. The van der Waals surface area contributed by atoms with Crippen LogP contribution in [0.1, 0.15) is 40.2 Å². The molecule has 164 valence electrons. The van der Waals surface area contributed by atoms with Gasteiger partial charge >= 0.3 is 6.18 Å². The second-order valence-corrected chi connectivity index (χ2v) is 8.02. The number of hydrogen-bond acceptors (Lipinski definition) is 2. The van der Waals surface area contributed by atoms with Gasteiger partial charge in [-0.05, 0) is 48.6 Å². The van der Waals surface area contributed by atoms with E-state index in [2.05, 4.69) is 0 Å². The molecule has 2 aromatic rings. The van der Waals surface area contributed by atoms with Crippen LogP contribution in [0.4, 0.5) is 17.6 Å². The number of carbonyl (C=O) groups excluding carboxylic acids is 2. The van der Waals surface area contributed by atoms with Gasteiger partial charge in [0.15, 0.2) is 0 Å². The molecule has 2 aliphatic rings. The molecule has 2 fully saturated rings. The Kier molecular flexibility index (Phi) is 5.73. The molecule has 0 radical (unpaired) electrons. The van der Waals surface area contributed by atoms with Gasteiger partial charge in [0.05, 0.1) is 11.1 Å². The van der Waals surface area contributed by atoms with E-state index in [9.17, 15) is 27.2 Å². The van der Waals surface area contributed by atoms with E-state index in [0.29, 0.717) is 39.0 Å². The summed E-state index contributed by atoms with van der Waals surface area (Å²) in [5, 5.41) is 0. The van der Waals surface area contributed by atoms with Crippen LogP contribution in [0.25, 0.3) is 0 Å². The number of halogens is 4. The molecule has 2 aromatic carbocycles. The largest absolute Gasteiger partial charge is 0.416 e. The predicted molar refractivity (Wildman–Crippen MR) is 106 cm³/mol. The summed E-state index contributed by atoms with van der Waals surface area (Å²) in [4.78, 5) is 28.8. The number of alkyl halides is 3. The first-order valence-corrected chi connectivity index (χ1v) is 10.3. The average Bonchev–Trinajstić information content (AvgIpc) is 3.56. The molecule has 1 saturated carbocycles. The number of benzene rings is 2. The van der Waals surface area contributed by atoms with Crippen molar-refractivity contribution >= 4 is 11.8 Å². The fraction of sp³-hybridized carbons (Fsp3) is 0.391. The van der Waals surface area contributed by atoms with Crippen LogP contribution in [-0.4, -0.2) is 47.8 Å². The van der Waals surface area contributed by atoms with Crippen molar-refractivity contribution in [3.05, 3.63) is 71.0 Å². The standard InChI is InChI=1S/C23H22F4N2O2/c24-20-5-2-1-4-17(20)21(30)28-10-3-11-29(13-12-28)22(31)19-14-18(19)15-6-8-16(9-7-15)23(25,26)27/h1-2,4-9,18-19H,3,10-14H2. The van der Waals surface area contributed by atoms with Crippen LogP contribution in [0.3, 0.4) is 0 Å². The van der Waals surface area contributed by atoms with E-state index in [0.717, 1.165) is 17.7 Å². The van der Waals surface area contributed by atoms with Gasteiger partial charge in [0.2, 0.25) is 5.91 Å². The van der Waals surface area contributed by atoms with Crippen molar-refractivity contribution in [3.8, 4) is 0 Å². The van der Waals surface area contributed by atoms with Gasteiger partial charge in [-0.15, -0.1) is 0 Å². The molecular weight excluding hydrogens is 412 g/mol. The molecular formula is C23H22F4N2O2. The van der Waals surface area contributed by atoms with Crippen LogP contribution in [0, 0.1) is 11.7 Å². The Morgan fingerprint density at radius 3 is 2.19 bits per heavy atom. The van der Waals surface area contributed by atoms with Crippen molar-refractivity contribution in [1.82, 2.24) is 9.80 Å². The lowest BCUT2D eigenvalue weighted by molar-refractivity contribution is -0.137. The van der Waals surface area contributed by atoms with Crippen molar-refractivity contribution in [2.75, 3.05) is 26.2 Å². The van der Waals surface area contributed by atoms with Gasteiger partial charge in [-0.2, -0.15) is 13.2 Å². The zero-order valence-corrected chi connectivity index (χ0v) is 16.7. The summed E-state index contributed by atoms with van der Waals surface area (Å²) in [6.07, 6.45) is -3.18. The predicted octanol–water partition coefficient (Wildman–Crippen LogP) is 4.32. The second kappa shape index (κ2) is 8.32. The quantitative estimate of drug-likeness (QED) is 0.675. The molecule has 4 nitrogen and oxygen atoms in total. The number of hydrogen-bond donors (Lipinski definition) is 0. The van der Waals surface area contributed by atoms with Crippen LogP contribution in [-0.2, 0) is 11.0 Å². The lowest BCUT2D eigenvalue weighted by atomic mass is 10.1. The van der Waals surface area contributed by atoms with Crippen LogP contribution in [0.2, 0.25) is 0 Å². The zero-order chi connectivity index (χ0) is 22.2. The average molecular weight is 434 g/mol. The molecule has 1 aliphatic carbocycles. The molecule has 0 spiro atoms. The monoisotopic (exact) mass is 434 g/mol. The minimum Gasteiger partial charge on any atom is -0.341 e. The Morgan fingerprint density at radius 1 is 0.871 bits per heavy atom. The highest BCUT2D eigenvalue weighted by Gasteiger charge is 2.46. The Balaban J connectivity index is 1.35. The molecule has 2 amide bonds. The first-order valence-electron chi connectivity index (χ1n) is 10.3. The first-order chi connectivity index (χ1) is 14.8. The smallest absolute Gasteiger partial charge is 0.341 e. The van der Waals surface area contributed by atoms with E-state index < -0.39 is 17.6 Å². The summed E-state index contributed by atoms with van der Waals surface area (Å²) in [6, 6.07) is 10.8. The molecule has 1 heterocycles. The van der Waals surface area contributed by atoms with Gasteiger partial charge in [0, 0.05) is 32.1 Å². The number of rotatable bonds is 3. The lowest BCUT2D eigenvalue weighted by Gasteiger charge is -2.22. The maximum absolute atomic E-state index is 13.9. The van der Waals surface area contributed by atoms with Crippen LogP contribution in [0.5, 0.6) is 0 Å². The molecule has 2 unspecified atom stereocenters. The third-order valence-corrected chi connectivity index (χ3v) is 5.97. The SMILES string of the molecule is O=C(c1ccccc1F)N1CCCN(C(=O)C2CC2c2ccc(C(F)(F)F)cc2)CC1. The third-order valence-electron chi connectivity index (χ3n) is 5.97. The summed E-state index contributed by atoms with van der Waals surface area (Å²) in [5.41, 5.74) is 0.0521. The van der Waals surface area contributed by atoms with Crippen LogP contribution < -0.4 is 0 Å². The van der Waals surface area contributed by atoms with Crippen molar-refractivity contribution in [2.24, 2.45) is 5.92 Å². The minimum atomic E-state index is -4.38. The molecule has 1 aliphatic heterocycles. The van der Waals surface area contributed by atoms with Gasteiger partial charge in [0.1, 0.15) is 5.82 Å². The van der Waals surface area contributed by atoms with Crippen molar-refractivity contribution in [3.63, 3.8) is 0 Å². The third kappa shape index (κ3) is 4.57. The first kappa shape index (κ1) is 21.3. The van der Waals surface area contributed by atoms with Gasteiger partial charge in [-0.1, -0.05) is 24.3 Å². The second-order valence-electron chi connectivity index (χ2n) is 8.02. The van der Waals surface area contributed by atoms with E-state index in [1.165, 1.54) is 30.3 Å². The summed E-state index contributed by atoms with van der Waals surface area (Å²) >= 11 is 0. The van der Waals surface area contributed by atoms with Crippen LogP contribution in [0.15, 0.2) is 48.5 Å². The van der Waals surface area contributed by atoms with Gasteiger partial charge < -0.3 is 9.80 Å². The molecule has 31 heavy (non-hydrogen) atoms. The Bertz CT molecular complexity index is 974. The van der Waals surface area contributed by atoms with E-state index in [1.807, 2.05) is 0 Å². The Morgan fingerprint density at radius 2 is 1.52 bits per heavy atom. The fourth-order valence-corrected chi connectivity index (χ4v) is 4.14. The molecule has 2 atom stereocenters. The normalized spacial score (nSPS) is 21.5. The molecule has 8 heteroatoms. The number of nitrogens with zero attached hydrogens (tertiary/aromatic N) is 2. The molecule has 0 N–H and O–H groups in total. The van der Waals surface area contributed by atoms with Crippen molar-refractivity contribution in [1.29, 1.82) is 0 Å². The molecule has 0 bridgehead atoms.